The van der Waals surface area contributed by atoms with Crippen molar-refractivity contribution in [2.45, 2.75) is 19.4 Å². The Kier molecular flexibility index (Phi) is 4.50. The van der Waals surface area contributed by atoms with Gasteiger partial charge in [-0.2, -0.15) is 0 Å². The number of aliphatic hydroxyl groups is 1. The fourth-order valence-electron chi connectivity index (χ4n) is 1.31. The van der Waals surface area contributed by atoms with Crippen LogP contribution in [0.25, 0.3) is 0 Å². The molecule has 0 fully saturated rings. The molecule has 0 aliphatic heterocycles. The van der Waals surface area contributed by atoms with E-state index in [2.05, 4.69) is 29.6 Å². The Morgan fingerprint density at radius 1 is 1.15 bits per heavy atom. The van der Waals surface area contributed by atoms with Crippen LogP contribution in [0.4, 0.5) is 0 Å². The van der Waals surface area contributed by atoms with Gasteiger partial charge in [0.1, 0.15) is 0 Å². The van der Waals surface area contributed by atoms with Crippen LogP contribution in [0.5, 0.6) is 0 Å². The molecule has 2 nitrogen and oxygen atoms in total. The second-order valence-corrected chi connectivity index (χ2v) is 3.17. The van der Waals surface area contributed by atoms with Crippen LogP contribution in [-0.2, 0) is 13.0 Å². The molecular weight excluding hydrogens is 162 g/mol. The molecule has 72 valence electrons. The Hall–Kier alpha value is -0.860. The van der Waals surface area contributed by atoms with Crippen LogP contribution >= 0.6 is 0 Å². The van der Waals surface area contributed by atoms with E-state index in [4.69, 9.17) is 5.11 Å². The molecule has 0 amide bonds. The molecule has 0 saturated heterocycles. The topological polar surface area (TPSA) is 32.3 Å². The molecule has 0 atom stereocenters. The van der Waals surface area contributed by atoms with Gasteiger partial charge in [0.2, 0.25) is 0 Å². The van der Waals surface area contributed by atoms with E-state index in [1.54, 1.807) is 0 Å². The molecule has 0 aliphatic rings. The van der Waals surface area contributed by atoms with Gasteiger partial charge >= 0.3 is 0 Å². The number of rotatable bonds is 5. The number of hydrogen-bond donors (Lipinski definition) is 2. The van der Waals surface area contributed by atoms with Gasteiger partial charge in [-0.15, -0.1) is 0 Å². The van der Waals surface area contributed by atoms with Gasteiger partial charge in [-0.05, 0) is 31.0 Å². The average Bonchev–Trinajstić information content (AvgIpc) is 2.17. The zero-order chi connectivity index (χ0) is 9.52. The zero-order valence-electron chi connectivity index (χ0n) is 8.09. The third-order valence-electron chi connectivity index (χ3n) is 2.03. The molecule has 13 heavy (non-hydrogen) atoms. The summed E-state index contributed by atoms with van der Waals surface area (Å²) < 4.78 is 0. The summed E-state index contributed by atoms with van der Waals surface area (Å²) in [4.78, 5) is 0. The largest absolute Gasteiger partial charge is 0.396 e. The molecule has 0 radical (unpaired) electrons. The molecule has 1 rings (SSSR count). The number of nitrogens with one attached hydrogen (secondary N) is 1. The molecule has 1 aromatic carbocycles. The van der Waals surface area contributed by atoms with E-state index in [1.807, 2.05) is 7.05 Å². The number of benzene rings is 1. The molecule has 1 aromatic rings. The lowest BCUT2D eigenvalue weighted by Crippen LogP contribution is -2.04. The van der Waals surface area contributed by atoms with Crippen LogP contribution in [0, 0.1) is 0 Å². The second kappa shape index (κ2) is 5.73. The molecule has 0 unspecified atom stereocenters. The van der Waals surface area contributed by atoms with E-state index in [1.165, 1.54) is 11.1 Å². The Bertz CT molecular complexity index is 230. The molecular formula is C11H17NO. The van der Waals surface area contributed by atoms with Gasteiger partial charge in [-0.3, -0.25) is 0 Å². The van der Waals surface area contributed by atoms with E-state index < -0.39 is 0 Å². The van der Waals surface area contributed by atoms with E-state index >= 15 is 0 Å². The van der Waals surface area contributed by atoms with Gasteiger partial charge in [-0.1, -0.05) is 24.3 Å². The van der Waals surface area contributed by atoms with Crippen molar-refractivity contribution in [2.24, 2.45) is 0 Å². The predicted molar refractivity (Wildman–Crippen MR) is 54.6 cm³/mol. The Morgan fingerprint density at radius 2 is 1.77 bits per heavy atom. The van der Waals surface area contributed by atoms with Crippen LogP contribution in [-0.4, -0.2) is 18.8 Å². The minimum Gasteiger partial charge on any atom is -0.396 e. The van der Waals surface area contributed by atoms with Crippen molar-refractivity contribution in [3.63, 3.8) is 0 Å². The first-order valence-electron chi connectivity index (χ1n) is 4.70. The molecule has 0 bridgehead atoms. The van der Waals surface area contributed by atoms with Gasteiger partial charge in [0.05, 0.1) is 0 Å². The molecule has 0 spiro atoms. The van der Waals surface area contributed by atoms with Crippen molar-refractivity contribution in [3.8, 4) is 0 Å². The summed E-state index contributed by atoms with van der Waals surface area (Å²) in [5.74, 6) is 0. The molecule has 2 N–H and O–H groups in total. The highest BCUT2D eigenvalue weighted by atomic mass is 16.2. The highest BCUT2D eigenvalue weighted by molar-refractivity contribution is 5.22. The van der Waals surface area contributed by atoms with E-state index in [0.717, 1.165) is 19.4 Å². The van der Waals surface area contributed by atoms with Crippen LogP contribution in [0.2, 0.25) is 0 Å². The fraction of sp³-hybridized carbons (Fsp3) is 0.455. The summed E-state index contributed by atoms with van der Waals surface area (Å²) in [6.45, 7) is 1.19. The summed E-state index contributed by atoms with van der Waals surface area (Å²) in [7, 11) is 1.94. The maximum absolute atomic E-state index is 8.66. The van der Waals surface area contributed by atoms with Crippen molar-refractivity contribution in [2.75, 3.05) is 13.7 Å². The van der Waals surface area contributed by atoms with Crippen LogP contribution < -0.4 is 5.32 Å². The lowest BCUT2D eigenvalue weighted by Gasteiger charge is -2.02. The fourth-order valence-corrected chi connectivity index (χ4v) is 1.31. The molecule has 2 heteroatoms. The Balaban J connectivity index is 2.48. The molecule has 0 aromatic heterocycles. The van der Waals surface area contributed by atoms with Crippen LogP contribution in [0.15, 0.2) is 24.3 Å². The maximum Gasteiger partial charge on any atom is 0.0434 e. The Morgan fingerprint density at radius 3 is 2.31 bits per heavy atom. The van der Waals surface area contributed by atoms with Gasteiger partial charge in [0.15, 0.2) is 0 Å². The number of hydrogen-bond acceptors (Lipinski definition) is 2. The first kappa shape index (κ1) is 10.2. The van der Waals surface area contributed by atoms with Crippen molar-refractivity contribution >= 4 is 0 Å². The minimum absolute atomic E-state index is 0.276. The van der Waals surface area contributed by atoms with Gasteiger partial charge in [-0.25, -0.2) is 0 Å². The smallest absolute Gasteiger partial charge is 0.0434 e. The summed E-state index contributed by atoms with van der Waals surface area (Å²) in [6, 6.07) is 8.51. The van der Waals surface area contributed by atoms with Crippen molar-refractivity contribution in [1.29, 1.82) is 0 Å². The van der Waals surface area contributed by atoms with Gasteiger partial charge < -0.3 is 10.4 Å². The van der Waals surface area contributed by atoms with Crippen LogP contribution in [0.3, 0.4) is 0 Å². The van der Waals surface area contributed by atoms with Gasteiger partial charge in [0.25, 0.3) is 0 Å². The summed E-state index contributed by atoms with van der Waals surface area (Å²) in [6.07, 6.45) is 1.82. The number of aliphatic hydroxyl groups excluding tert-OH is 1. The zero-order valence-corrected chi connectivity index (χ0v) is 8.09. The average molecular weight is 179 g/mol. The highest BCUT2D eigenvalue weighted by Gasteiger charge is 1.93. The molecule has 0 saturated carbocycles. The second-order valence-electron chi connectivity index (χ2n) is 3.17. The van der Waals surface area contributed by atoms with E-state index in [-0.39, 0.29) is 6.61 Å². The van der Waals surface area contributed by atoms with Gasteiger partial charge in [0, 0.05) is 13.2 Å². The first-order chi connectivity index (χ1) is 6.36. The predicted octanol–water partition coefficient (Wildman–Crippen LogP) is 1.33. The molecule has 0 aliphatic carbocycles. The quantitative estimate of drug-likeness (QED) is 0.714. The third kappa shape index (κ3) is 3.57. The van der Waals surface area contributed by atoms with Crippen LogP contribution in [0.1, 0.15) is 17.5 Å². The van der Waals surface area contributed by atoms with Crippen molar-refractivity contribution < 1.29 is 5.11 Å². The standard InChI is InChI=1S/C11H17NO/c1-12-9-11-6-4-10(5-7-11)3-2-8-13/h4-7,12-13H,2-3,8-9H2,1H3. The lowest BCUT2D eigenvalue weighted by atomic mass is 10.1. The monoisotopic (exact) mass is 179 g/mol. The first-order valence-corrected chi connectivity index (χ1v) is 4.70. The summed E-state index contributed by atoms with van der Waals surface area (Å²) in [5, 5.41) is 11.8. The minimum atomic E-state index is 0.276. The third-order valence-corrected chi connectivity index (χ3v) is 2.03. The lowest BCUT2D eigenvalue weighted by molar-refractivity contribution is 0.288. The number of aryl methyl sites for hydroxylation is 1. The SMILES string of the molecule is CNCc1ccc(CCCO)cc1. The van der Waals surface area contributed by atoms with Crippen molar-refractivity contribution in [1.82, 2.24) is 5.32 Å². The van der Waals surface area contributed by atoms with Crippen molar-refractivity contribution in [3.05, 3.63) is 35.4 Å². The van der Waals surface area contributed by atoms with E-state index in [0.29, 0.717) is 0 Å². The van der Waals surface area contributed by atoms with E-state index in [9.17, 15) is 0 Å². The normalized spacial score (nSPS) is 10.3. The maximum atomic E-state index is 8.66. The highest BCUT2D eigenvalue weighted by Crippen LogP contribution is 2.06. The Labute approximate surface area is 79.6 Å². The molecule has 0 heterocycles. The summed E-state index contributed by atoms with van der Waals surface area (Å²) in [5.41, 5.74) is 2.60. The summed E-state index contributed by atoms with van der Waals surface area (Å²) >= 11 is 0.